The van der Waals surface area contributed by atoms with Crippen LogP contribution in [0.3, 0.4) is 0 Å². The van der Waals surface area contributed by atoms with Crippen LogP contribution in [-0.4, -0.2) is 39.8 Å². The average Bonchev–Trinajstić information content (AvgIpc) is 2.94. The molecule has 0 atom stereocenters. The molecule has 1 aliphatic carbocycles. The molecule has 1 aliphatic rings. The summed E-state index contributed by atoms with van der Waals surface area (Å²) in [6.07, 6.45) is 11.9. The van der Waals surface area contributed by atoms with Gasteiger partial charge in [-0.05, 0) is 31.4 Å². The number of pyridine rings is 1. The van der Waals surface area contributed by atoms with Crippen LogP contribution in [-0.2, 0) is 6.42 Å². The zero-order valence-electron chi connectivity index (χ0n) is 15.6. The van der Waals surface area contributed by atoms with Gasteiger partial charge in [0.25, 0.3) is 5.91 Å². The van der Waals surface area contributed by atoms with Gasteiger partial charge in [-0.15, -0.1) is 0 Å². The molecule has 1 amide bonds. The molecule has 0 spiro atoms. The van der Waals surface area contributed by atoms with Gasteiger partial charge in [0.05, 0.1) is 17.5 Å². The summed E-state index contributed by atoms with van der Waals surface area (Å²) in [4.78, 5) is 16.9. The van der Waals surface area contributed by atoms with Gasteiger partial charge in [0.15, 0.2) is 5.82 Å². The van der Waals surface area contributed by atoms with Gasteiger partial charge in [-0.1, -0.05) is 38.7 Å². The Morgan fingerprint density at radius 3 is 2.69 bits per heavy atom. The molecule has 1 saturated carbocycles. The third-order valence-corrected chi connectivity index (χ3v) is 5.01. The van der Waals surface area contributed by atoms with Crippen molar-refractivity contribution >= 4 is 5.91 Å². The maximum absolute atomic E-state index is 12.6. The summed E-state index contributed by atoms with van der Waals surface area (Å²) in [5, 5.41) is 11.0. The predicted molar refractivity (Wildman–Crippen MR) is 103 cm³/mol. The summed E-state index contributed by atoms with van der Waals surface area (Å²) in [7, 11) is 0. The molecule has 26 heavy (non-hydrogen) atoms. The van der Waals surface area contributed by atoms with E-state index in [1.54, 1.807) is 17.1 Å². The molecule has 3 rings (SSSR count). The fourth-order valence-corrected chi connectivity index (χ4v) is 3.61. The Bertz CT molecular complexity index is 689. The molecule has 2 aromatic heterocycles. The van der Waals surface area contributed by atoms with Crippen LogP contribution in [0, 0.1) is 0 Å². The molecular formula is C20H29N5O. The molecule has 2 aromatic rings. The lowest BCUT2D eigenvalue weighted by Gasteiger charge is -2.16. The lowest BCUT2D eigenvalue weighted by atomic mass is 10.1. The number of nitrogens with zero attached hydrogens (tertiary/aromatic N) is 3. The standard InChI is InChI=1S/C20H29N5O/c1-2-18-17(15-24-25(18)19-11-7-8-12-22-19)20(26)23-14-13-21-16-9-5-3-4-6-10-16/h7-8,11-12,15-16,21H,2-6,9-10,13-14H2,1H3,(H,23,26). The molecule has 0 aromatic carbocycles. The molecule has 6 heteroatoms. The van der Waals surface area contributed by atoms with Crippen LogP contribution < -0.4 is 10.6 Å². The highest BCUT2D eigenvalue weighted by molar-refractivity contribution is 5.95. The van der Waals surface area contributed by atoms with Gasteiger partial charge in [0.1, 0.15) is 0 Å². The number of amides is 1. The molecule has 140 valence electrons. The fourth-order valence-electron chi connectivity index (χ4n) is 3.61. The van der Waals surface area contributed by atoms with E-state index in [1.807, 2.05) is 25.1 Å². The maximum Gasteiger partial charge on any atom is 0.254 e. The number of carbonyl (C=O) groups is 1. The highest BCUT2D eigenvalue weighted by atomic mass is 16.1. The van der Waals surface area contributed by atoms with Crippen molar-refractivity contribution in [2.24, 2.45) is 0 Å². The molecule has 0 unspecified atom stereocenters. The van der Waals surface area contributed by atoms with Gasteiger partial charge in [0, 0.05) is 25.3 Å². The molecule has 0 bridgehead atoms. The Kier molecular flexibility index (Phi) is 6.77. The van der Waals surface area contributed by atoms with Gasteiger partial charge in [0.2, 0.25) is 0 Å². The van der Waals surface area contributed by atoms with E-state index in [9.17, 15) is 4.79 Å². The van der Waals surface area contributed by atoms with Crippen LogP contribution in [0.4, 0.5) is 0 Å². The zero-order chi connectivity index (χ0) is 18.2. The van der Waals surface area contributed by atoms with Crippen LogP contribution >= 0.6 is 0 Å². The second-order valence-electron chi connectivity index (χ2n) is 6.86. The fraction of sp³-hybridized carbons (Fsp3) is 0.550. The van der Waals surface area contributed by atoms with Crippen molar-refractivity contribution in [1.82, 2.24) is 25.4 Å². The van der Waals surface area contributed by atoms with Gasteiger partial charge in [-0.25, -0.2) is 9.67 Å². The molecule has 1 fully saturated rings. The normalized spacial score (nSPS) is 15.6. The van der Waals surface area contributed by atoms with Gasteiger partial charge >= 0.3 is 0 Å². The molecule has 0 saturated heterocycles. The van der Waals surface area contributed by atoms with Gasteiger partial charge in [-0.2, -0.15) is 5.10 Å². The summed E-state index contributed by atoms with van der Waals surface area (Å²) in [6.45, 7) is 3.47. The molecule has 2 heterocycles. The first-order valence-corrected chi connectivity index (χ1v) is 9.79. The lowest BCUT2D eigenvalue weighted by molar-refractivity contribution is 0.0952. The number of nitrogens with one attached hydrogen (secondary N) is 2. The number of rotatable bonds is 7. The molecule has 6 nitrogen and oxygen atoms in total. The first-order valence-electron chi connectivity index (χ1n) is 9.79. The van der Waals surface area contributed by atoms with E-state index < -0.39 is 0 Å². The lowest BCUT2D eigenvalue weighted by Crippen LogP contribution is -2.37. The largest absolute Gasteiger partial charge is 0.351 e. The predicted octanol–water partition coefficient (Wildman–Crippen LogP) is 2.87. The van der Waals surface area contributed by atoms with Crippen molar-refractivity contribution < 1.29 is 4.79 Å². The van der Waals surface area contributed by atoms with Crippen LogP contribution in [0.5, 0.6) is 0 Å². The summed E-state index contributed by atoms with van der Waals surface area (Å²) < 4.78 is 1.75. The van der Waals surface area contributed by atoms with E-state index in [4.69, 9.17) is 0 Å². The minimum atomic E-state index is -0.0632. The van der Waals surface area contributed by atoms with Gasteiger partial charge in [-0.3, -0.25) is 4.79 Å². The van der Waals surface area contributed by atoms with Crippen LogP contribution in [0.15, 0.2) is 30.6 Å². The monoisotopic (exact) mass is 355 g/mol. The molecular weight excluding hydrogens is 326 g/mol. The molecule has 2 N–H and O–H groups in total. The highest BCUT2D eigenvalue weighted by Gasteiger charge is 2.17. The number of hydrogen-bond donors (Lipinski definition) is 2. The second kappa shape index (κ2) is 9.48. The van der Waals surface area contributed by atoms with Crippen LogP contribution in [0.25, 0.3) is 5.82 Å². The molecule has 0 radical (unpaired) electrons. The van der Waals surface area contributed by atoms with Crippen LogP contribution in [0.1, 0.15) is 61.5 Å². The Hall–Kier alpha value is -2.21. The Labute approximate surface area is 155 Å². The first-order chi connectivity index (χ1) is 12.8. The first kappa shape index (κ1) is 18.6. The minimum absolute atomic E-state index is 0.0632. The summed E-state index contributed by atoms with van der Waals surface area (Å²) in [5.41, 5.74) is 1.52. The van der Waals surface area contributed by atoms with E-state index in [2.05, 4.69) is 20.7 Å². The Morgan fingerprint density at radius 1 is 1.19 bits per heavy atom. The topological polar surface area (TPSA) is 71.8 Å². The van der Waals surface area contributed by atoms with E-state index in [0.717, 1.165) is 24.5 Å². The molecule has 0 aliphatic heterocycles. The SMILES string of the molecule is CCc1c(C(=O)NCCNC2CCCCCC2)cnn1-c1ccccn1. The number of hydrogen-bond acceptors (Lipinski definition) is 4. The minimum Gasteiger partial charge on any atom is -0.351 e. The Morgan fingerprint density at radius 2 is 2.00 bits per heavy atom. The van der Waals surface area contributed by atoms with Crippen molar-refractivity contribution in [2.75, 3.05) is 13.1 Å². The Balaban J connectivity index is 1.54. The van der Waals surface area contributed by atoms with Crippen molar-refractivity contribution in [1.29, 1.82) is 0 Å². The highest BCUT2D eigenvalue weighted by Crippen LogP contribution is 2.17. The van der Waals surface area contributed by atoms with Crippen molar-refractivity contribution in [2.45, 2.75) is 57.9 Å². The average molecular weight is 355 g/mol. The summed E-state index contributed by atoms with van der Waals surface area (Å²) in [6, 6.07) is 6.29. The van der Waals surface area contributed by atoms with Gasteiger partial charge < -0.3 is 10.6 Å². The summed E-state index contributed by atoms with van der Waals surface area (Å²) in [5.74, 6) is 0.671. The summed E-state index contributed by atoms with van der Waals surface area (Å²) >= 11 is 0. The maximum atomic E-state index is 12.6. The third-order valence-electron chi connectivity index (χ3n) is 5.01. The van der Waals surface area contributed by atoms with E-state index in [-0.39, 0.29) is 5.91 Å². The van der Waals surface area contributed by atoms with E-state index >= 15 is 0 Å². The number of aromatic nitrogens is 3. The van der Waals surface area contributed by atoms with Crippen molar-refractivity contribution in [3.63, 3.8) is 0 Å². The van der Waals surface area contributed by atoms with Crippen molar-refractivity contribution in [3.8, 4) is 5.82 Å². The van der Waals surface area contributed by atoms with E-state index in [0.29, 0.717) is 18.2 Å². The van der Waals surface area contributed by atoms with Crippen molar-refractivity contribution in [3.05, 3.63) is 41.9 Å². The van der Waals surface area contributed by atoms with E-state index in [1.165, 1.54) is 38.5 Å². The third kappa shape index (κ3) is 4.69. The number of carbonyl (C=O) groups excluding carboxylic acids is 1. The quantitative estimate of drug-likeness (QED) is 0.592. The van der Waals surface area contributed by atoms with Crippen LogP contribution in [0.2, 0.25) is 0 Å². The smallest absolute Gasteiger partial charge is 0.254 e. The zero-order valence-corrected chi connectivity index (χ0v) is 15.6. The second-order valence-corrected chi connectivity index (χ2v) is 6.86.